The summed E-state index contributed by atoms with van der Waals surface area (Å²) < 4.78 is 16.9. The Kier molecular flexibility index (Phi) is 65.8. The number of unbranched alkanes of at least 4 members (excludes halogenated alkanes) is 26. The normalized spacial score (nSPS) is 13.0. The Morgan fingerprint density at radius 3 is 0.747 bits per heavy atom. The van der Waals surface area contributed by atoms with Gasteiger partial charge >= 0.3 is 17.9 Å². The van der Waals surface area contributed by atoms with Crippen molar-refractivity contribution >= 4 is 17.9 Å². The maximum Gasteiger partial charge on any atom is 0.306 e. The molecule has 1 atom stereocenters. The molecule has 0 amide bonds. The van der Waals surface area contributed by atoms with Gasteiger partial charge in [-0.05, 0) is 122 Å². The van der Waals surface area contributed by atoms with Crippen LogP contribution < -0.4 is 0 Å². The van der Waals surface area contributed by atoms with E-state index in [0.717, 1.165) is 161 Å². The fourth-order valence-corrected chi connectivity index (χ4v) is 9.27. The van der Waals surface area contributed by atoms with Crippen LogP contribution >= 0.6 is 0 Å². The van der Waals surface area contributed by atoms with Crippen LogP contribution in [0.5, 0.6) is 0 Å². The quantitative estimate of drug-likeness (QED) is 0.0261. The van der Waals surface area contributed by atoms with Crippen molar-refractivity contribution in [3.63, 3.8) is 0 Å². The maximum atomic E-state index is 12.9. The van der Waals surface area contributed by atoms with Crippen molar-refractivity contribution < 1.29 is 28.6 Å². The van der Waals surface area contributed by atoms with Crippen molar-refractivity contribution in [1.82, 2.24) is 0 Å². The smallest absolute Gasteiger partial charge is 0.306 e. The topological polar surface area (TPSA) is 78.9 Å². The molecule has 6 heteroatoms. The van der Waals surface area contributed by atoms with E-state index in [1.807, 2.05) is 0 Å². The molecule has 83 heavy (non-hydrogen) atoms. The third-order valence-electron chi connectivity index (χ3n) is 14.3. The summed E-state index contributed by atoms with van der Waals surface area (Å²) in [5.74, 6) is -0.942. The van der Waals surface area contributed by atoms with Crippen molar-refractivity contribution in [2.45, 2.75) is 309 Å². The van der Waals surface area contributed by atoms with Crippen LogP contribution in [0.4, 0.5) is 0 Å². The fraction of sp³-hybridized carbons (Fsp3) is 0.649. The molecule has 470 valence electrons. The fourth-order valence-electron chi connectivity index (χ4n) is 9.27. The van der Waals surface area contributed by atoms with Gasteiger partial charge in [0.15, 0.2) is 6.10 Å². The van der Waals surface area contributed by atoms with E-state index >= 15 is 0 Å². The van der Waals surface area contributed by atoms with Crippen molar-refractivity contribution in [3.05, 3.63) is 146 Å². The highest BCUT2D eigenvalue weighted by atomic mass is 16.6. The number of carbonyl (C=O) groups excluding carboxylic acids is 3. The number of esters is 3. The van der Waals surface area contributed by atoms with E-state index < -0.39 is 6.10 Å². The SMILES string of the molecule is CC/C=C\C/C=C\C/C=C\C/C=C\C/C=C\C/C=C\C/C=C\C/C=C\C/C=C\CCCCCC(=O)OCC(COC(=O)CCCCCCC/C=C\C/C=C\C/C=C\CC)OC(=O)CCCCCCCCCCCCCCCCCCCCC. The predicted molar refractivity (Wildman–Crippen MR) is 362 cm³/mol. The molecule has 6 nitrogen and oxygen atoms in total. The van der Waals surface area contributed by atoms with E-state index in [9.17, 15) is 14.4 Å². The number of hydrogen-bond acceptors (Lipinski definition) is 6. The van der Waals surface area contributed by atoms with Gasteiger partial charge in [0.1, 0.15) is 13.2 Å². The molecule has 0 aliphatic rings. The maximum absolute atomic E-state index is 12.9. The lowest BCUT2D eigenvalue weighted by molar-refractivity contribution is -0.167. The second-order valence-corrected chi connectivity index (χ2v) is 22.3. The second-order valence-electron chi connectivity index (χ2n) is 22.3. The molecule has 0 aliphatic heterocycles. The standard InChI is InChI=1S/C77H126O6/c1-4-7-10-13-16-19-22-25-28-30-32-33-34-35-36-37-38-39-40-41-42-43-45-46-49-52-55-58-61-64-67-70-76(79)82-73-74(72-81-75(78)69-66-63-60-57-54-51-48-27-24-21-18-15-12-9-6-3)83-77(80)71-68-65-62-59-56-53-50-47-44-31-29-26-23-20-17-14-11-8-5-2/h7,9-10,12,16,18-19,21,25,27-28,32-33,35-36,38-39,41-42,45-46,48,52,55,74H,4-6,8,11,13-15,17,20,22-24,26,29-31,34,37,40,43-44,47,49-51,53-54,56-73H2,1-3H3/b10-7-,12-9-,19-16-,21-18-,28-25-,33-32-,36-35-,39-38-,42-41-,46-45-,48-27-,55-52-. The van der Waals surface area contributed by atoms with E-state index in [2.05, 4.69) is 167 Å². The van der Waals surface area contributed by atoms with E-state index in [0.29, 0.717) is 19.3 Å². The van der Waals surface area contributed by atoms with Crippen molar-refractivity contribution in [3.8, 4) is 0 Å². The summed E-state index contributed by atoms with van der Waals surface area (Å²) >= 11 is 0. The number of carbonyl (C=O) groups is 3. The molecule has 0 bridgehead atoms. The molecule has 0 saturated carbocycles. The lowest BCUT2D eigenvalue weighted by Crippen LogP contribution is -2.30. The molecule has 0 aromatic heterocycles. The van der Waals surface area contributed by atoms with Crippen molar-refractivity contribution in [1.29, 1.82) is 0 Å². The first-order chi connectivity index (χ1) is 41.0. The Morgan fingerprint density at radius 2 is 0.470 bits per heavy atom. The van der Waals surface area contributed by atoms with Gasteiger partial charge in [0, 0.05) is 19.3 Å². The minimum absolute atomic E-state index is 0.0999. The van der Waals surface area contributed by atoms with E-state index in [1.54, 1.807) is 0 Å². The molecule has 0 aromatic carbocycles. The molecule has 0 heterocycles. The van der Waals surface area contributed by atoms with Gasteiger partial charge in [-0.15, -0.1) is 0 Å². The lowest BCUT2D eigenvalue weighted by atomic mass is 10.0. The van der Waals surface area contributed by atoms with Crippen LogP contribution in [-0.4, -0.2) is 37.2 Å². The number of hydrogen-bond donors (Lipinski definition) is 0. The largest absolute Gasteiger partial charge is 0.462 e. The van der Waals surface area contributed by atoms with Gasteiger partial charge in [-0.2, -0.15) is 0 Å². The first kappa shape index (κ1) is 78.3. The summed E-state index contributed by atoms with van der Waals surface area (Å²) in [6.07, 6.45) is 100. The molecule has 0 spiro atoms. The minimum atomic E-state index is -0.805. The third-order valence-corrected chi connectivity index (χ3v) is 14.3. The first-order valence-corrected chi connectivity index (χ1v) is 34.3. The van der Waals surface area contributed by atoms with Crippen LogP contribution in [0.25, 0.3) is 0 Å². The average Bonchev–Trinajstić information content (AvgIpc) is 3.49. The molecular formula is C77H126O6. The van der Waals surface area contributed by atoms with E-state index in [4.69, 9.17) is 14.2 Å². The Balaban J connectivity index is 4.42. The zero-order chi connectivity index (χ0) is 59.9. The van der Waals surface area contributed by atoms with Gasteiger partial charge in [-0.25, -0.2) is 0 Å². The molecule has 0 radical (unpaired) electrons. The zero-order valence-electron chi connectivity index (χ0n) is 53.9. The van der Waals surface area contributed by atoms with Gasteiger partial charge in [0.2, 0.25) is 0 Å². The lowest BCUT2D eigenvalue weighted by Gasteiger charge is -2.18. The molecular weight excluding hydrogens is 1020 g/mol. The number of rotatable bonds is 61. The highest BCUT2D eigenvalue weighted by molar-refractivity contribution is 5.71. The summed E-state index contributed by atoms with van der Waals surface area (Å²) in [5, 5.41) is 0. The Morgan fingerprint density at radius 1 is 0.253 bits per heavy atom. The highest BCUT2D eigenvalue weighted by Crippen LogP contribution is 2.16. The van der Waals surface area contributed by atoms with Crippen LogP contribution in [0.3, 0.4) is 0 Å². The van der Waals surface area contributed by atoms with Crippen molar-refractivity contribution in [2.24, 2.45) is 0 Å². The molecule has 1 unspecified atom stereocenters. The zero-order valence-corrected chi connectivity index (χ0v) is 53.9. The Hall–Kier alpha value is -4.71. The highest BCUT2D eigenvalue weighted by Gasteiger charge is 2.19. The third kappa shape index (κ3) is 68.0. The number of allylic oxidation sites excluding steroid dienone is 24. The van der Waals surface area contributed by atoms with E-state index in [1.165, 1.54) is 103 Å². The number of ether oxygens (including phenoxy) is 3. The molecule has 0 saturated heterocycles. The summed E-state index contributed by atoms with van der Waals surface area (Å²) in [7, 11) is 0. The Bertz CT molecular complexity index is 1800. The van der Waals surface area contributed by atoms with Gasteiger partial charge < -0.3 is 14.2 Å². The second kappa shape index (κ2) is 69.8. The van der Waals surface area contributed by atoms with Crippen LogP contribution in [-0.2, 0) is 28.6 Å². The van der Waals surface area contributed by atoms with E-state index in [-0.39, 0.29) is 31.1 Å². The van der Waals surface area contributed by atoms with Gasteiger partial charge in [0.05, 0.1) is 0 Å². The van der Waals surface area contributed by atoms with Crippen molar-refractivity contribution in [2.75, 3.05) is 13.2 Å². The summed E-state index contributed by atoms with van der Waals surface area (Å²) in [6.45, 7) is 6.40. The van der Waals surface area contributed by atoms with Gasteiger partial charge in [0.25, 0.3) is 0 Å². The van der Waals surface area contributed by atoms with Crippen LogP contribution in [0.1, 0.15) is 303 Å². The predicted octanol–water partition coefficient (Wildman–Crippen LogP) is 23.9. The summed E-state index contributed by atoms with van der Waals surface area (Å²) in [5.41, 5.74) is 0. The van der Waals surface area contributed by atoms with Crippen LogP contribution in [0.15, 0.2) is 146 Å². The molecule has 0 fully saturated rings. The summed E-state index contributed by atoms with van der Waals surface area (Å²) in [4.78, 5) is 38.4. The monoisotopic (exact) mass is 1150 g/mol. The minimum Gasteiger partial charge on any atom is -0.462 e. The molecule has 0 aliphatic carbocycles. The van der Waals surface area contributed by atoms with Crippen LogP contribution in [0, 0.1) is 0 Å². The molecule has 0 rings (SSSR count). The van der Waals surface area contributed by atoms with Gasteiger partial charge in [-0.3, -0.25) is 14.4 Å². The Labute approximate surface area is 512 Å². The summed E-state index contributed by atoms with van der Waals surface area (Å²) in [6, 6.07) is 0. The first-order valence-electron chi connectivity index (χ1n) is 34.3. The van der Waals surface area contributed by atoms with Crippen LogP contribution in [0.2, 0.25) is 0 Å². The molecule has 0 aromatic rings. The van der Waals surface area contributed by atoms with Gasteiger partial charge in [-0.1, -0.05) is 308 Å². The molecule has 0 N–H and O–H groups in total. The average molecular weight is 1150 g/mol.